The van der Waals surface area contributed by atoms with Crippen LogP contribution in [0.15, 0.2) is 60.7 Å². The lowest BCUT2D eigenvalue weighted by Crippen LogP contribution is -2.55. The Morgan fingerprint density at radius 3 is 1.74 bits per heavy atom. The first-order valence-electron chi connectivity index (χ1n) is 10.7. The normalized spacial score (nSPS) is 31.2. The smallest absolute Gasteiger partial charge is 0.221 e. The molecule has 2 aromatic rings. The summed E-state index contributed by atoms with van der Waals surface area (Å²) in [7, 11) is 0. The number of amides is 1. The predicted octanol–water partition coefficient (Wildman–Crippen LogP) is 5.15. The molecule has 27 heavy (non-hydrogen) atoms. The van der Waals surface area contributed by atoms with Crippen LogP contribution in [0.2, 0.25) is 0 Å². The summed E-state index contributed by atoms with van der Waals surface area (Å²) in [4.78, 5) is 13.1. The lowest BCUT2D eigenvalue weighted by atomic mass is 9.54. The van der Waals surface area contributed by atoms with E-state index in [4.69, 9.17) is 0 Å². The minimum Gasteiger partial charge on any atom is -0.353 e. The van der Waals surface area contributed by atoms with E-state index in [1.54, 1.807) is 0 Å². The van der Waals surface area contributed by atoms with Gasteiger partial charge in [-0.05, 0) is 66.9 Å². The molecule has 4 aliphatic rings. The Hall–Kier alpha value is -2.09. The van der Waals surface area contributed by atoms with E-state index >= 15 is 0 Å². The zero-order valence-corrected chi connectivity index (χ0v) is 15.9. The van der Waals surface area contributed by atoms with Gasteiger partial charge in [-0.2, -0.15) is 0 Å². The van der Waals surface area contributed by atoms with E-state index in [-0.39, 0.29) is 11.8 Å². The van der Waals surface area contributed by atoms with Crippen molar-refractivity contribution in [3.05, 3.63) is 71.8 Å². The van der Waals surface area contributed by atoms with Gasteiger partial charge in [0.1, 0.15) is 0 Å². The van der Waals surface area contributed by atoms with Gasteiger partial charge in [-0.1, -0.05) is 60.7 Å². The summed E-state index contributed by atoms with van der Waals surface area (Å²) in [5.74, 6) is 3.72. The Bertz CT molecular complexity index is 717. The molecule has 140 valence electrons. The lowest BCUT2D eigenvalue weighted by Gasteiger charge is -2.54. The Labute approximate surface area is 162 Å². The van der Waals surface area contributed by atoms with Gasteiger partial charge >= 0.3 is 0 Å². The zero-order valence-electron chi connectivity index (χ0n) is 15.9. The van der Waals surface area contributed by atoms with Crippen LogP contribution < -0.4 is 5.32 Å². The van der Waals surface area contributed by atoms with Gasteiger partial charge in [0, 0.05) is 18.4 Å². The van der Waals surface area contributed by atoms with Crippen LogP contribution in [-0.2, 0) is 4.79 Å². The molecule has 0 spiro atoms. The standard InChI is InChI=1S/C25H29NO/c27-24(26-25-21-12-17-11-18(14-21)15-22(25)13-17)16-23(19-7-3-1-4-8-19)20-9-5-2-6-10-20/h1-10,17-18,21-23,25H,11-16H2,(H,26,27). The van der Waals surface area contributed by atoms with Crippen molar-refractivity contribution in [2.24, 2.45) is 23.7 Å². The van der Waals surface area contributed by atoms with E-state index in [9.17, 15) is 4.79 Å². The zero-order chi connectivity index (χ0) is 18.2. The maximum absolute atomic E-state index is 13.1. The fourth-order valence-corrected chi connectivity index (χ4v) is 6.39. The van der Waals surface area contributed by atoms with Crippen molar-refractivity contribution in [1.29, 1.82) is 0 Å². The molecule has 0 unspecified atom stereocenters. The monoisotopic (exact) mass is 359 g/mol. The average molecular weight is 360 g/mol. The van der Waals surface area contributed by atoms with Crippen LogP contribution in [0.3, 0.4) is 0 Å². The van der Waals surface area contributed by atoms with Crippen molar-refractivity contribution in [3.63, 3.8) is 0 Å². The molecule has 4 fully saturated rings. The highest BCUT2D eigenvalue weighted by Crippen LogP contribution is 2.53. The number of hydrogen-bond acceptors (Lipinski definition) is 1. The van der Waals surface area contributed by atoms with Gasteiger partial charge in [0.25, 0.3) is 0 Å². The number of rotatable bonds is 5. The summed E-state index contributed by atoms with van der Waals surface area (Å²) in [6, 6.07) is 21.4. The van der Waals surface area contributed by atoms with E-state index in [0.29, 0.717) is 12.5 Å². The Morgan fingerprint density at radius 2 is 1.26 bits per heavy atom. The first-order chi connectivity index (χ1) is 13.3. The summed E-state index contributed by atoms with van der Waals surface area (Å²) < 4.78 is 0. The molecule has 0 heterocycles. The third-order valence-corrected chi connectivity index (χ3v) is 7.35. The molecule has 0 saturated heterocycles. The molecule has 4 aliphatic carbocycles. The second kappa shape index (κ2) is 7.14. The molecule has 0 aromatic heterocycles. The summed E-state index contributed by atoms with van der Waals surface area (Å²) in [6.07, 6.45) is 7.38. The lowest BCUT2D eigenvalue weighted by molar-refractivity contribution is -0.125. The van der Waals surface area contributed by atoms with E-state index in [2.05, 4.69) is 53.8 Å². The summed E-state index contributed by atoms with van der Waals surface area (Å²) in [6.45, 7) is 0. The largest absolute Gasteiger partial charge is 0.353 e. The van der Waals surface area contributed by atoms with E-state index < -0.39 is 0 Å². The average Bonchev–Trinajstić information content (AvgIpc) is 2.70. The minimum atomic E-state index is 0.129. The van der Waals surface area contributed by atoms with Gasteiger partial charge in [0.15, 0.2) is 0 Å². The SMILES string of the molecule is O=C(CC(c1ccccc1)c1ccccc1)NC1C2CC3CC(C2)CC1C3. The van der Waals surface area contributed by atoms with Gasteiger partial charge in [0.05, 0.1) is 0 Å². The second-order valence-electron chi connectivity index (χ2n) is 9.10. The van der Waals surface area contributed by atoms with Crippen molar-refractivity contribution in [2.75, 3.05) is 0 Å². The molecule has 6 rings (SSSR count). The van der Waals surface area contributed by atoms with E-state index in [1.807, 2.05) is 12.1 Å². The van der Waals surface area contributed by atoms with Crippen molar-refractivity contribution in [2.45, 2.75) is 50.5 Å². The first kappa shape index (κ1) is 17.0. The molecule has 0 atom stereocenters. The van der Waals surface area contributed by atoms with Gasteiger partial charge < -0.3 is 5.32 Å². The highest BCUT2D eigenvalue weighted by Gasteiger charge is 2.48. The Morgan fingerprint density at radius 1 is 0.778 bits per heavy atom. The number of carbonyl (C=O) groups is 1. The molecule has 4 saturated carbocycles. The maximum Gasteiger partial charge on any atom is 0.221 e. The van der Waals surface area contributed by atoms with Crippen molar-refractivity contribution >= 4 is 5.91 Å². The number of carbonyl (C=O) groups excluding carboxylic acids is 1. The molecule has 2 heteroatoms. The Kier molecular flexibility index (Phi) is 4.51. The minimum absolute atomic E-state index is 0.129. The summed E-state index contributed by atoms with van der Waals surface area (Å²) in [5.41, 5.74) is 2.45. The van der Waals surface area contributed by atoms with Crippen LogP contribution in [-0.4, -0.2) is 11.9 Å². The molecule has 4 bridgehead atoms. The molecular weight excluding hydrogens is 330 g/mol. The van der Waals surface area contributed by atoms with E-state index in [0.717, 1.165) is 23.7 Å². The molecule has 2 nitrogen and oxygen atoms in total. The quantitative estimate of drug-likeness (QED) is 0.786. The van der Waals surface area contributed by atoms with Crippen molar-refractivity contribution in [3.8, 4) is 0 Å². The molecule has 0 radical (unpaired) electrons. The number of benzene rings is 2. The Balaban J connectivity index is 1.32. The van der Waals surface area contributed by atoms with Gasteiger partial charge in [-0.15, -0.1) is 0 Å². The highest BCUT2D eigenvalue weighted by molar-refractivity contribution is 5.78. The fraction of sp³-hybridized carbons (Fsp3) is 0.480. The van der Waals surface area contributed by atoms with Gasteiger partial charge in [0.2, 0.25) is 5.91 Å². The third kappa shape index (κ3) is 3.42. The highest BCUT2D eigenvalue weighted by atomic mass is 16.1. The van der Waals surface area contributed by atoms with Crippen LogP contribution >= 0.6 is 0 Å². The summed E-state index contributed by atoms with van der Waals surface area (Å²) >= 11 is 0. The maximum atomic E-state index is 13.1. The topological polar surface area (TPSA) is 29.1 Å². The van der Waals surface area contributed by atoms with Crippen molar-refractivity contribution in [1.82, 2.24) is 5.32 Å². The molecule has 0 aliphatic heterocycles. The van der Waals surface area contributed by atoms with Crippen LogP contribution in [0.5, 0.6) is 0 Å². The van der Waals surface area contributed by atoms with Crippen LogP contribution in [0.1, 0.15) is 55.6 Å². The van der Waals surface area contributed by atoms with Crippen LogP contribution in [0.25, 0.3) is 0 Å². The third-order valence-electron chi connectivity index (χ3n) is 7.35. The first-order valence-corrected chi connectivity index (χ1v) is 10.7. The predicted molar refractivity (Wildman–Crippen MR) is 108 cm³/mol. The molecule has 1 N–H and O–H groups in total. The number of nitrogens with one attached hydrogen (secondary N) is 1. The van der Waals surface area contributed by atoms with Crippen molar-refractivity contribution < 1.29 is 4.79 Å². The van der Waals surface area contributed by atoms with E-state index in [1.165, 1.54) is 43.2 Å². The number of hydrogen-bond donors (Lipinski definition) is 1. The van der Waals surface area contributed by atoms with Crippen LogP contribution in [0.4, 0.5) is 0 Å². The van der Waals surface area contributed by atoms with Crippen LogP contribution in [0, 0.1) is 23.7 Å². The van der Waals surface area contributed by atoms with Gasteiger partial charge in [-0.25, -0.2) is 0 Å². The summed E-state index contributed by atoms with van der Waals surface area (Å²) in [5, 5.41) is 3.49. The molecule has 1 amide bonds. The molecule has 2 aromatic carbocycles. The second-order valence-corrected chi connectivity index (χ2v) is 9.10. The fourth-order valence-electron chi connectivity index (χ4n) is 6.39. The molecular formula is C25H29NO. The van der Waals surface area contributed by atoms with Gasteiger partial charge in [-0.3, -0.25) is 4.79 Å².